The van der Waals surface area contributed by atoms with E-state index in [2.05, 4.69) is 4.98 Å². The van der Waals surface area contributed by atoms with Gasteiger partial charge in [0, 0.05) is 37.9 Å². The van der Waals surface area contributed by atoms with Crippen LogP contribution in [0.3, 0.4) is 0 Å². The maximum Gasteiger partial charge on any atom is 0.272 e. The Kier molecular flexibility index (Phi) is 4.14. The Balaban J connectivity index is 1.61. The van der Waals surface area contributed by atoms with Crippen LogP contribution in [-0.2, 0) is 0 Å². The van der Waals surface area contributed by atoms with Crippen LogP contribution in [0.1, 0.15) is 20.8 Å². The number of nitrogens with zero attached hydrogens (tertiary/aromatic N) is 3. The lowest BCUT2D eigenvalue weighted by atomic mass is 10.2. The molecule has 3 rings (SSSR count). The van der Waals surface area contributed by atoms with E-state index in [9.17, 15) is 9.59 Å². The molecule has 0 unspecified atom stereocenters. The topological polar surface area (TPSA) is 53.5 Å². The third kappa shape index (κ3) is 2.98. The van der Waals surface area contributed by atoms with E-state index in [1.165, 1.54) is 0 Å². The molecule has 0 aliphatic carbocycles. The van der Waals surface area contributed by atoms with Gasteiger partial charge in [0.05, 0.1) is 0 Å². The predicted octanol–water partition coefficient (Wildman–Crippen LogP) is 1.68. The monoisotopic (exact) mass is 295 g/mol. The first-order valence-corrected chi connectivity index (χ1v) is 7.30. The first kappa shape index (κ1) is 14.3. The summed E-state index contributed by atoms with van der Waals surface area (Å²) in [5.74, 6) is -0.0575. The van der Waals surface area contributed by atoms with Crippen molar-refractivity contribution in [2.45, 2.75) is 0 Å². The molecule has 1 aromatic heterocycles. The molecular formula is C17H17N3O2. The van der Waals surface area contributed by atoms with Crippen LogP contribution in [0.5, 0.6) is 0 Å². The van der Waals surface area contributed by atoms with Gasteiger partial charge in [-0.05, 0) is 24.3 Å². The van der Waals surface area contributed by atoms with Crippen molar-refractivity contribution in [1.29, 1.82) is 0 Å². The quantitative estimate of drug-likeness (QED) is 0.847. The number of hydrogen-bond donors (Lipinski definition) is 0. The molecule has 0 saturated carbocycles. The van der Waals surface area contributed by atoms with Crippen LogP contribution in [0, 0.1) is 0 Å². The van der Waals surface area contributed by atoms with E-state index in [0.29, 0.717) is 37.4 Å². The van der Waals surface area contributed by atoms with Crippen molar-refractivity contribution in [3.63, 3.8) is 0 Å². The third-order valence-electron chi connectivity index (χ3n) is 3.76. The molecule has 0 atom stereocenters. The van der Waals surface area contributed by atoms with Crippen LogP contribution in [0.4, 0.5) is 0 Å². The van der Waals surface area contributed by atoms with Gasteiger partial charge in [0.15, 0.2) is 0 Å². The highest BCUT2D eigenvalue weighted by molar-refractivity contribution is 5.95. The molecule has 0 bridgehead atoms. The van der Waals surface area contributed by atoms with Crippen molar-refractivity contribution in [2.24, 2.45) is 0 Å². The molecule has 1 saturated heterocycles. The van der Waals surface area contributed by atoms with Gasteiger partial charge in [-0.1, -0.05) is 24.3 Å². The molecule has 0 N–H and O–H groups in total. The lowest BCUT2D eigenvalue weighted by molar-refractivity contribution is 0.0532. The minimum absolute atomic E-state index is 0.0190. The molecule has 1 aliphatic rings. The Morgan fingerprint density at radius 2 is 1.36 bits per heavy atom. The maximum atomic E-state index is 12.4. The standard InChI is InChI=1S/C17H17N3O2/c21-16(14-6-2-1-3-7-14)19-10-12-20(13-11-19)17(22)15-8-4-5-9-18-15/h1-9H,10-13H2. The van der Waals surface area contributed by atoms with Gasteiger partial charge >= 0.3 is 0 Å². The Labute approximate surface area is 129 Å². The summed E-state index contributed by atoms with van der Waals surface area (Å²) in [6, 6.07) is 14.5. The first-order chi connectivity index (χ1) is 10.8. The fourth-order valence-electron chi connectivity index (χ4n) is 2.53. The molecule has 5 heteroatoms. The lowest BCUT2D eigenvalue weighted by Gasteiger charge is -2.34. The highest BCUT2D eigenvalue weighted by Gasteiger charge is 2.25. The fraction of sp³-hybridized carbons (Fsp3) is 0.235. The smallest absolute Gasteiger partial charge is 0.272 e. The van der Waals surface area contributed by atoms with Gasteiger partial charge in [0.25, 0.3) is 11.8 Å². The van der Waals surface area contributed by atoms with E-state index < -0.39 is 0 Å². The molecule has 5 nitrogen and oxygen atoms in total. The van der Waals surface area contributed by atoms with Crippen molar-refractivity contribution in [3.8, 4) is 0 Å². The molecular weight excluding hydrogens is 278 g/mol. The van der Waals surface area contributed by atoms with E-state index in [0.717, 1.165) is 0 Å². The van der Waals surface area contributed by atoms with Crippen molar-refractivity contribution in [3.05, 3.63) is 66.0 Å². The second kappa shape index (κ2) is 6.39. The molecule has 1 fully saturated rings. The number of rotatable bonds is 2. The summed E-state index contributed by atoms with van der Waals surface area (Å²) in [4.78, 5) is 32.3. The zero-order valence-electron chi connectivity index (χ0n) is 12.2. The summed E-state index contributed by atoms with van der Waals surface area (Å²) in [7, 11) is 0. The van der Waals surface area contributed by atoms with Gasteiger partial charge in [-0.2, -0.15) is 0 Å². The Morgan fingerprint density at radius 1 is 0.773 bits per heavy atom. The van der Waals surface area contributed by atoms with E-state index in [-0.39, 0.29) is 11.8 Å². The predicted molar refractivity (Wildman–Crippen MR) is 82.5 cm³/mol. The van der Waals surface area contributed by atoms with Crippen LogP contribution in [0.15, 0.2) is 54.7 Å². The Morgan fingerprint density at radius 3 is 1.95 bits per heavy atom. The lowest BCUT2D eigenvalue weighted by Crippen LogP contribution is -2.50. The molecule has 2 amide bonds. The van der Waals surface area contributed by atoms with Crippen LogP contribution in [-0.4, -0.2) is 52.8 Å². The van der Waals surface area contributed by atoms with Gasteiger partial charge in [-0.25, -0.2) is 0 Å². The molecule has 22 heavy (non-hydrogen) atoms. The van der Waals surface area contributed by atoms with E-state index in [1.807, 2.05) is 30.3 Å². The van der Waals surface area contributed by atoms with Gasteiger partial charge in [-0.3, -0.25) is 14.6 Å². The molecule has 1 aromatic carbocycles. The van der Waals surface area contributed by atoms with Crippen molar-refractivity contribution < 1.29 is 9.59 Å². The third-order valence-corrected chi connectivity index (χ3v) is 3.76. The second-order valence-corrected chi connectivity index (χ2v) is 5.17. The zero-order valence-corrected chi connectivity index (χ0v) is 12.2. The van der Waals surface area contributed by atoms with Crippen LogP contribution >= 0.6 is 0 Å². The van der Waals surface area contributed by atoms with Crippen molar-refractivity contribution >= 4 is 11.8 Å². The SMILES string of the molecule is O=C(c1ccccc1)N1CCN(C(=O)c2ccccn2)CC1. The number of amides is 2. The largest absolute Gasteiger partial charge is 0.335 e. The number of carbonyl (C=O) groups excluding carboxylic acids is 2. The molecule has 2 heterocycles. The summed E-state index contributed by atoms with van der Waals surface area (Å²) in [6.07, 6.45) is 1.61. The number of piperazine rings is 1. The minimum Gasteiger partial charge on any atom is -0.335 e. The summed E-state index contributed by atoms with van der Waals surface area (Å²) < 4.78 is 0. The first-order valence-electron chi connectivity index (χ1n) is 7.30. The average molecular weight is 295 g/mol. The summed E-state index contributed by atoms with van der Waals surface area (Å²) in [6.45, 7) is 2.17. The summed E-state index contributed by atoms with van der Waals surface area (Å²) in [5.41, 5.74) is 1.14. The van der Waals surface area contributed by atoms with Crippen LogP contribution in [0.25, 0.3) is 0 Å². The number of carbonyl (C=O) groups is 2. The van der Waals surface area contributed by atoms with Gasteiger partial charge in [0.2, 0.25) is 0 Å². The van der Waals surface area contributed by atoms with Gasteiger partial charge in [-0.15, -0.1) is 0 Å². The summed E-state index contributed by atoms with van der Waals surface area (Å²) in [5, 5.41) is 0. The van der Waals surface area contributed by atoms with E-state index in [1.54, 1.807) is 34.2 Å². The highest BCUT2D eigenvalue weighted by atomic mass is 16.2. The Hall–Kier alpha value is -2.69. The van der Waals surface area contributed by atoms with Crippen LogP contribution in [0.2, 0.25) is 0 Å². The van der Waals surface area contributed by atoms with E-state index in [4.69, 9.17) is 0 Å². The highest BCUT2D eigenvalue weighted by Crippen LogP contribution is 2.10. The van der Waals surface area contributed by atoms with Crippen molar-refractivity contribution in [2.75, 3.05) is 26.2 Å². The molecule has 2 aromatic rings. The second-order valence-electron chi connectivity index (χ2n) is 5.17. The average Bonchev–Trinajstić information content (AvgIpc) is 2.62. The number of aromatic nitrogens is 1. The van der Waals surface area contributed by atoms with Crippen LogP contribution < -0.4 is 0 Å². The number of hydrogen-bond acceptors (Lipinski definition) is 3. The molecule has 112 valence electrons. The zero-order chi connectivity index (χ0) is 15.4. The molecule has 1 aliphatic heterocycles. The normalized spacial score (nSPS) is 14.7. The number of benzene rings is 1. The molecule has 0 spiro atoms. The number of pyridine rings is 1. The molecule has 0 radical (unpaired) electrons. The fourth-order valence-corrected chi connectivity index (χ4v) is 2.53. The minimum atomic E-state index is -0.0765. The summed E-state index contributed by atoms with van der Waals surface area (Å²) >= 11 is 0. The van der Waals surface area contributed by atoms with Gasteiger partial charge < -0.3 is 9.80 Å². The van der Waals surface area contributed by atoms with E-state index >= 15 is 0 Å². The maximum absolute atomic E-state index is 12.4. The van der Waals surface area contributed by atoms with Crippen molar-refractivity contribution in [1.82, 2.24) is 14.8 Å². The Bertz CT molecular complexity index is 591. The van der Waals surface area contributed by atoms with Gasteiger partial charge in [0.1, 0.15) is 5.69 Å².